The third kappa shape index (κ3) is 4.99. The van der Waals surface area contributed by atoms with Crippen LogP contribution in [-0.2, 0) is 14.6 Å². The minimum absolute atomic E-state index is 0.0612. The van der Waals surface area contributed by atoms with Gasteiger partial charge in [0.15, 0.2) is 0 Å². The Morgan fingerprint density at radius 2 is 1.85 bits per heavy atom. The van der Waals surface area contributed by atoms with Crippen LogP contribution in [0.2, 0.25) is 0 Å². The molecule has 116 valence electrons. The van der Waals surface area contributed by atoms with Gasteiger partial charge in [-0.3, -0.25) is 0 Å². The van der Waals surface area contributed by atoms with Crippen molar-refractivity contribution in [2.75, 3.05) is 11.5 Å². The number of amides is 2. The number of hydrogen-bond donors (Lipinski definition) is 3. The Bertz CT molecular complexity index is 448. The Morgan fingerprint density at radius 3 is 2.30 bits per heavy atom. The van der Waals surface area contributed by atoms with Crippen LogP contribution in [0.3, 0.4) is 0 Å². The fourth-order valence-electron chi connectivity index (χ4n) is 2.09. The average molecular weight is 306 g/mol. The van der Waals surface area contributed by atoms with Crippen LogP contribution in [0.25, 0.3) is 0 Å². The first-order valence-corrected chi connectivity index (χ1v) is 8.57. The molecule has 0 aromatic heterocycles. The first-order chi connectivity index (χ1) is 9.25. The minimum atomic E-state index is -2.97. The van der Waals surface area contributed by atoms with Crippen LogP contribution in [0.1, 0.15) is 33.1 Å². The highest BCUT2D eigenvalue weighted by Gasteiger charge is 2.28. The Hall–Kier alpha value is -1.31. The van der Waals surface area contributed by atoms with E-state index >= 15 is 0 Å². The van der Waals surface area contributed by atoms with E-state index < -0.39 is 27.9 Å². The predicted octanol–water partition coefficient (Wildman–Crippen LogP) is 0.362. The number of rotatable bonds is 5. The summed E-state index contributed by atoms with van der Waals surface area (Å²) in [6.45, 7) is 3.61. The van der Waals surface area contributed by atoms with E-state index in [1.807, 2.05) is 6.92 Å². The molecule has 1 heterocycles. The first-order valence-electron chi connectivity index (χ1n) is 6.75. The van der Waals surface area contributed by atoms with Gasteiger partial charge in [-0.2, -0.15) is 0 Å². The number of carbonyl (C=O) groups is 2. The van der Waals surface area contributed by atoms with Crippen molar-refractivity contribution in [3.8, 4) is 0 Å². The summed E-state index contributed by atoms with van der Waals surface area (Å²) in [5.41, 5.74) is 0. The van der Waals surface area contributed by atoms with E-state index in [1.165, 1.54) is 0 Å². The van der Waals surface area contributed by atoms with Crippen molar-refractivity contribution in [3.63, 3.8) is 0 Å². The van der Waals surface area contributed by atoms with Crippen molar-refractivity contribution < 1.29 is 23.1 Å². The van der Waals surface area contributed by atoms with E-state index in [4.69, 9.17) is 5.11 Å². The van der Waals surface area contributed by atoms with E-state index in [9.17, 15) is 18.0 Å². The van der Waals surface area contributed by atoms with E-state index in [0.29, 0.717) is 19.3 Å². The molecular weight excluding hydrogens is 284 g/mol. The number of sulfone groups is 1. The molecule has 0 radical (unpaired) electrons. The lowest BCUT2D eigenvalue weighted by atomic mass is 9.99. The van der Waals surface area contributed by atoms with Gasteiger partial charge < -0.3 is 15.7 Å². The van der Waals surface area contributed by atoms with Gasteiger partial charge in [0.25, 0.3) is 0 Å². The number of nitrogens with one attached hydrogen (secondary N) is 2. The topological polar surface area (TPSA) is 113 Å². The molecule has 0 bridgehead atoms. The zero-order chi connectivity index (χ0) is 15.3. The highest BCUT2D eigenvalue weighted by Crippen LogP contribution is 2.12. The highest BCUT2D eigenvalue weighted by molar-refractivity contribution is 7.91. The summed E-state index contributed by atoms with van der Waals surface area (Å²) >= 11 is 0. The van der Waals surface area contributed by atoms with Crippen molar-refractivity contribution in [2.45, 2.75) is 45.2 Å². The third-order valence-corrected chi connectivity index (χ3v) is 5.37. The van der Waals surface area contributed by atoms with Crippen molar-refractivity contribution in [3.05, 3.63) is 0 Å². The number of carbonyl (C=O) groups excluding carboxylic acids is 1. The van der Waals surface area contributed by atoms with Gasteiger partial charge in [0.2, 0.25) is 0 Å². The van der Waals surface area contributed by atoms with E-state index in [2.05, 4.69) is 10.6 Å². The molecule has 20 heavy (non-hydrogen) atoms. The summed E-state index contributed by atoms with van der Waals surface area (Å²) in [4.78, 5) is 22.9. The van der Waals surface area contributed by atoms with Gasteiger partial charge in [-0.15, -0.1) is 0 Å². The molecule has 2 amide bonds. The minimum Gasteiger partial charge on any atom is -0.480 e. The number of carboxylic acid groups (broad SMARTS) is 1. The van der Waals surface area contributed by atoms with Crippen LogP contribution in [0, 0.1) is 5.92 Å². The van der Waals surface area contributed by atoms with Gasteiger partial charge in [0.1, 0.15) is 15.9 Å². The average Bonchev–Trinajstić information content (AvgIpc) is 2.37. The van der Waals surface area contributed by atoms with Crippen LogP contribution in [0.4, 0.5) is 4.79 Å². The lowest BCUT2D eigenvalue weighted by molar-refractivity contribution is -0.140. The summed E-state index contributed by atoms with van der Waals surface area (Å²) in [6, 6.07) is -1.71. The smallest absolute Gasteiger partial charge is 0.326 e. The zero-order valence-electron chi connectivity index (χ0n) is 11.8. The summed E-state index contributed by atoms with van der Waals surface area (Å²) < 4.78 is 22.5. The molecule has 1 unspecified atom stereocenters. The molecule has 0 saturated carbocycles. The number of carboxylic acids is 1. The fraction of sp³-hybridized carbons (Fsp3) is 0.833. The lowest BCUT2D eigenvalue weighted by Crippen LogP contribution is -2.52. The van der Waals surface area contributed by atoms with Gasteiger partial charge in [-0.05, 0) is 18.8 Å². The van der Waals surface area contributed by atoms with Crippen LogP contribution >= 0.6 is 0 Å². The SMILES string of the molecule is CCC(C)[C@H](NC(=O)NC1CCS(=O)(=O)CC1)C(=O)O. The predicted molar refractivity (Wildman–Crippen MR) is 74.2 cm³/mol. The Labute approximate surface area is 119 Å². The molecule has 8 heteroatoms. The number of hydrogen-bond acceptors (Lipinski definition) is 4. The number of urea groups is 1. The van der Waals surface area contributed by atoms with Crippen LogP contribution < -0.4 is 10.6 Å². The molecule has 1 rings (SSSR count). The molecule has 0 aromatic carbocycles. The fourth-order valence-corrected chi connectivity index (χ4v) is 3.58. The molecule has 0 aliphatic carbocycles. The molecule has 1 fully saturated rings. The Morgan fingerprint density at radius 1 is 1.30 bits per heavy atom. The van der Waals surface area contributed by atoms with Crippen molar-refractivity contribution in [1.29, 1.82) is 0 Å². The first kappa shape index (κ1) is 16.7. The molecule has 0 spiro atoms. The second-order valence-corrected chi connectivity index (χ2v) is 7.55. The van der Waals surface area contributed by atoms with Gasteiger partial charge in [-0.1, -0.05) is 20.3 Å². The molecule has 3 N–H and O–H groups in total. The maximum absolute atomic E-state index is 11.8. The largest absolute Gasteiger partial charge is 0.480 e. The molecule has 1 aliphatic heterocycles. The maximum atomic E-state index is 11.8. The van der Waals surface area contributed by atoms with E-state index in [0.717, 1.165) is 0 Å². The summed E-state index contributed by atoms with van der Waals surface area (Å²) in [7, 11) is -2.97. The summed E-state index contributed by atoms with van der Waals surface area (Å²) in [5, 5.41) is 14.2. The summed E-state index contributed by atoms with van der Waals surface area (Å²) in [6.07, 6.45) is 1.38. The molecule has 1 aliphatic rings. The van der Waals surface area contributed by atoms with Crippen LogP contribution in [-0.4, -0.2) is 49.1 Å². The van der Waals surface area contributed by atoms with Crippen molar-refractivity contribution >= 4 is 21.8 Å². The second kappa shape index (κ2) is 6.92. The van der Waals surface area contributed by atoms with Crippen LogP contribution in [0.15, 0.2) is 0 Å². The van der Waals surface area contributed by atoms with Crippen molar-refractivity contribution in [2.24, 2.45) is 5.92 Å². The number of aliphatic carboxylic acids is 1. The highest BCUT2D eigenvalue weighted by atomic mass is 32.2. The lowest BCUT2D eigenvalue weighted by Gasteiger charge is -2.25. The standard InChI is InChI=1S/C12H22N2O5S/c1-3-8(2)10(11(15)16)14-12(17)13-9-4-6-20(18,19)7-5-9/h8-10H,3-7H2,1-2H3,(H,15,16)(H2,13,14,17)/t8?,10-/m0/s1. The van der Waals surface area contributed by atoms with Gasteiger partial charge in [0.05, 0.1) is 11.5 Å². The normalized spacial score (nSPS) is 21.7. The van der Waals surface area contributed by atoms with Gasteiger partial charge in [0, 0.05) is 6.04 Å². The molecule has 7 nitrogen and oxygen atoms in total. The molecular formula is C12H22N2O5S. The van der Waals surface area contributed by atoms with Crippen molar-refractivity contribution in [1.82, 2.24) is 10.6 Å². The second-order valence-electron chi connectivity index (χ2n) is 5.25. The van der Waals surface area contributed by atoms with E-state index in [1.54, 1.807) is 6.92 Å². The Balaban J connectivity index is 2.48. The zero-order valence-corrected chi connectivity index (χ0v) is 12.6. The van der Waals surface area contributed by atoms with Crippen LogP contribution in [0.5, 0.6) is 0 Å². The maximum Gasteiger partial charge on any atom is 0.326 e. The van der Waals surface area contributed by atoms with Gasteiger partial charge >= 0.3 is 12.0 Å². The monoisotopic (exact) mass is 306 g/mol. The summed E-state index contributed by atoms with van der Waals surface area (Å²) in [5.74, 6) is -1.12. The molecule has 2 atom stereocenters. The molecule has 1 saturated heterocycles. The molecule has 0 aromatic rings. The van der Waals surface area contributed by atoms with Gasteiger partial charge in [-0.25, -0.2) is 18.0 Å². The van der Waals surface area contributed by atoms with E-state index in [-0.39, 0.29) is 23.5 Å². The quantitative estimate of drug-likeness (QED) is 0.679. The third-order valence-electron chi connectivity index (χ3n) is 3.66. The Kier molecular flexibility index (Phi) is 5.79.